The lowest BCUT2D eigenvalue weighted by Crippen LogP contribution is -1.99. The molecular formula is C24H19N5O4S. The van der Waals surface area contributed by atoms with Crippen molar-refractivity contribution in [2.45, 2.75) is 11.8 Å². The number of nitrogens with two attached hydrogens (primary N) is 1. The Morgan fingerprint density at radius 1 is 0.971 bits per heavy atom. The number of aromatic nitrogens is 2. The van der Waals surface area contributed by atoms with Crippen LogP contribution in [0.2, 0.25) is 0 Å². The smallest absolute Gasteiger partial charge is 0.296 e. The average Bonchev–Trinajstić information content (AvgIpc) is 3.22. The van der Waals surface area contributed by atoms with Crippen LogP contribution in [0, 0.1) is 6.92 Å². The highest BCUT2D eigenvalue weighted by atomic mass is 32.2. The van der Waals surface area contributed by atoms with Gasteiger partial charge in [-0.05, 0) is 55.0 Å². The molecule has 5 aromatic rings. The predicted molar refractivity (Wildman–Crippen MR) is 130 cm³/mol. The van der Waals surface area contributed by atoms with E-state index in [4.69, 9.17) is 5.73 Å². The molecule has 0 bridgehead atoms. The number of phenolic OH excluding ortho intramolecular Hbond substituents is 1. The van der Waals surface area contributed by atoms with Gasteiger partial charge in [0.15, 0.2) is 5.75 Å². The van der Waals surface area contributed by atoms with E-state index in [1.807, 2.05) is 19.1 Å². The Hall–Kier alpha value is -4.28. The van der Waals surface area contributed by atoms with E-state index in [1.54, 1.807) is 48.5 Å². The van der Waals surface area contributed by atoms with E-state index in [9.17, 15) is 18.1 Å². The van der Waals surface area contributed by atoms with Crippen molar-refractivity contribution in [3.63, 3.8) is 0 Å². The van der Waals surface area contributed by atoms with Crippen LogP contribution in [0.4, 0.5) is 17.1 Å². The number of rotatable bonds is 4. The fraction of sp³-hybridized carbons (Fsp3) is 0.0417. The van der Waals surface area contributed by atoms with E-state index in [2.05, 4.69) is 20.2 Å². The van der Waals surface area contributed by atoms with Crippen LogP contribution in [0.15, 0.2) is 81.9 Å². The summed E-state index contributed by atoms with van der Waals surface area (Å²) >= 11 is 0. The monoisotopic (exact) mass is 473 g/mol. The van der Waals surface area contributed by atoms with Crippen LogP contribution in [0.5, 0.6) is 5.75 Å². The topological polar surface area (TPSA) is 154 Å². The summed E-state index contributed by atoms with van der Waals surface area (Å²) in [5.74, 6) is 0.0921. The Morgan fingerprint density at radius 2 is 1.76 bits per heavy atom. The molecule has 1 aromatic heterocycles. The lowest BCUT2D eigenvalue weighted by molar-refractivity contribution is 0.472. The van der Waals surface area contributed by atoms with Gasteiger partial charge in [0.1, 0.15) is 16.4 Å². The number of nitrogen functional groups attached to an aromatic ring is 1. The lowest BCUT2D eigenvalue weighted by Gasteiger charge is -2.09. The number of anilines is 1. The first-order valence-corrected chi connectivity index (χ1v) is 11.6. The fourth-order valence-corrected chi connectivity index (χ4v) is 4.46. The molecule has 1 heterocycles. The number of aryl methyl sites for hydroxylation is 1. The number of nitrogens with one attached hydrogen (secondary N) is 1. The molecule has 0 unspecified atom stereocenters. The van der Waals surface area contributed by atoms with Crippen molar-refractivity contribution in [3.05, 3.63) is 72.3 Å². The summed E-state index contributed by atoms with van der Waals surface area (Å²) in [7, 11) is -4.74. The Morgan fingerprint density at radius 3 is 2.50 bits per heavy atom. The van der Waals surface area contributed by atoms with E-state index in [0.29, 0.717) is 39.0 Å². The van der Waals surface area contributed by atoms with Gasteiger partial charge in [0.25, 0.3) is 10.1 Å². The van der Waals surface area contributed by atoms with Gasteiger partial charge in [-0.3, -0.25) is 4.55 Å². The second-order valence-corrected chi connectivity index (χ2v) is 9.24. The Balaban J connectivity index is 1.74. The Labute approximate surface area is 194 Å². The summed E-state index contributed by atoms with van der Waals surface area (Å²) in [6.07, 6.45) is 0. The van der Waals surface area contributed by atoms with Crippen LogP contribution < -0.4 is 5.73 Å². The molecule has 4 aromatic carbocycles. The highest BCUT2D eigenvalue weighted by molar-refractivity contribution is 7.86. The molecule has 0 amide bonds. The molecule has 0 saturated carbocycles. The standard InChI is InChI=1S/C24H19N5O4S/c1-13-4-2-7-16(10-13)28-29-22-20(34(31,32)33)12-18-17(23(22)30)8-9-19-21(18)27-24(26-19)14-5-3-6-15(25)11-14/h2-12,30H,25H2,1H3,(H,26,27)(H,31,32,33). The molecule has 5 rings (SSSR count). The van der Waals surface area contributed by atoms with Gasteiger partial charge in [0.2, 0.25) is 0 Å². The minimum atomic E-state index is -4.74. The van der Waals surface area contributed by atoms with Gasteiger partial charge in [0, 0.05) is 22.0 Å². The Kier molecular flexibility index (Phi) is 5.03. The first-order chi connectivity index (χ1) is 16.2. The second-order valence-electron chi connectivity index (χ2n) is 7.85. The first kappa shape index (κ1) is 21.6. The third-order valence-electron chi connectivity index (χ3n) is 5.39. The molecule has 0 fully saturated rings. The summed E-state index contributed by atoms with van der Waals surface area (Å²) in [5, 5.41) is 19.7. The third-order valence-corrected chi connectivity index (χ3v) is 6.26. The van der Waals surface area contributed by atoms with Crippen LogP contribution in [0.3, 0.4) is 0 Å². The first-order valence-electron chi connectivity index (χ1n) is 10.2. The summed E-state index contributed by atoms with van der Waals surface area (Å²) in [5.41, 5.74) is 9.26. The zero-order valence-electron chi connectivity index (χ0n) is 17.9. The molecule has 0 radical (unpaired) electrons. The summed E-state index contributed by atoms with van der Waals surface area (Å²) in [4.78, 5) is 7.15. The number of hydrogen-bond donors (Lipinski definition) is 4. The normalized spacial score (nSPS) is 12.2. The number of aromatic amines is 1. The molecule has 170 valence electrons. The number of nitrogens with zero attached hydrogens (tertiary/aromatic N) is 3. The van der Waals surface area contributed by atoms with Gasteiger partial charge >= 0.3 is 0 Å². The van der Waals surface area contributed by atoms with Crippen LogP contribution in [0.1, 0.15) is 5.56 Å². The fourth-order valence-electron chi connectivity index (χ4n) is 3.81. The van der Waals surface area contributed by atoms with E-state index in [-0.39, 0.29) is 5.69 Å². The predicted octanol–water partition coefficient (Wildman–Crippen LogP) is 5.64. The maximum Gasteiger partial charge on any atom is 0.296 e. The van der Waals surface area contributed by atoms with E-state index in [1.165, 1.54) is 6.07 Å². The van der Waals surface area contributed by atoms with Gasteiger partial charge in [0.05, 0.1) is 16.7 Å². The number of H-pyrrole nitrogens is 1. The van der Waals surface area contributed by atoms with Crippen molar-refractivity contribution in [1.82, 2.24) is 9.97 Å². The number of hydrogen-bond acceptors (Lipinski definition) is 7. The van der Waals surface area contributed by atoms with Crippen LogP contribution in [-0.2, 0) is 10.1 Å². The number of phenols is 1. The van der Waals surface area contributed by atoms with Crippen LogP contribution in [-0.4, -0.2) is 28.0 Å². The second kappa shape index (κ2) is 7.94. The molecular weight excluding hydrogens is 454 g/mol. The highest BCUT2D eigenvalue weighted by Gasteiger charge is 2.23. The lowest BCUT2D eigenvalue weighted by atomic mass is 10.1. The molecule has 0 spiro atoms. The van der Waals surface area contributed by atoms with Crippen molar-refractivity contribution in [1.29, 1.82) is 0 Å². The van der Waals surface area contributed by atoms with Crippen LogP contribution >= 0.6 is 0 Å². The quantitative estimate of drug-likeness (QED) is 0.150. The summed E-state index contributed by atoms with van der Waals surface area (Å²) in [6, 6.07) is 18.8. The molecule has 5 N–H and O–H groups in total. The summed E-state index contributed by atoms with van der Waals surface area (Å²) < 4.78 is 34.3. The SMILES string of the molecule is Cc1cccc(N=Nc2c(S(=O)(=O)O)cc3c(ccc4nc(-c5cccc(N)c5)[nH]c43)c2O)c1. The number of imidazole rings is 1. The van der Waals surface area contributed by atoms with Crippen LogP contribution in [0.25, 0.3) is 33.2 Å². The van der Waals surface area contributed by atoms with Gasteiger partial charge in [-0.15, -0.1) is 5.11 Å². The number of benzene rings is 4. The zero-order valence-corrected chi connectivity index (χ0v) is 18.7. The number of azo groups is 1. The van der Waals surface area contributed by atoms with Crippen molar-refractivity contribution in [3.8, 4) is 17.1 Å². The zero-order chi connectivity index (χ0) is 24.0. The molecule has 0 saturated heterocycles. The van der Waals surface area contributed by atoms with Crippen molar-refractivity contribution >= 4 is 49.0 Å². The number of aromatic hydroxyl groups is 1. The van der Waals surface area contributed by atoms with E-state index in [0.717, 1.165) is 11.1 Å². The molecule has 0 aliphatic carbocycles. The van der Waals surface area contributed by atoms with Crippen molar-refractivity contribution < 1.29 is 18.1 Å². The largest absolute Gasteiger partial charge is 0.505 e. The van der Waals surface area contributed by atoms with Gasteiger partial charge in [-0.1, -0.05) is 24.3 Å². The minimum Gasteiger partial charge on any atom is -0.505 e. The molecule has 0 aliphatic heterocycles. The highest BCUT2D eigenvalue weighted by Crippen LogP contribution is 2.43. The molecule has 9 nitrogen and oxygen atoms in total. The van der Waals surface area contributed by atoms with E-state index < -0.39 is 20.8 Å². The molecule has 0 atom stereocenters. The van der Waals surface area contributed by atoms with Gasteiger partial charge < -0.3 is 15.8 Å². The third kappa shape index (κ3) is 3.85. The van der Waals surface area contributed by atoms with Gasteiger partial charge in [-0.2, -0.15) is 13.5 Å². The number of fused-ring (bicyclic) bond motifs is 3. The average molecular weight is 474 g/mol. The Bertz CT molecular complexity index is 1730. The van der Waals surface area contributed by atoms with Crippen molar-refractivity contribution in [2.75, 3.05) is 5.73 Å². The van der Waals surface area contributed by atoms with Gasteiger partial charge in [-0.25, -0.2) is 4.98 Å². The minimum absolute atomic E-state index is 0.320. The molecule has 10 heteroatoms. The maximum absolute atomic E-state index is 12.2. The maximum atomic E-state index is 12.2. The van der Waals surface area contributed by atoms with E-state index >= 15 is 0 Å². The molecule has 34 heavy (non-hydrogen) atoms. The molecule has 0 aliphatic rings. The van der Waals surface area contributed by atoms with Crippen molar-refractivity contribution in [2.24, 2.45) is 10.2 Å². The summed E-state index contributed by atoms with van der Waals surface area (Å²) in [6.45, 7) is 1.88.